The highest BCUT2D eigenvalue weighted by Crippen LogP contribution is 2.26. The number of carbonyl (C=O) groups excluding carboxylic acids is 1. The molecule has 0 aliphatic rings. The zero-order valence-corrected chi connectivity index (χ0v) is 10.3. The Morgan fingerprint density at radius 3 is 2.37 bits per heavy atom. The number of amides is 1. The molecule has 0 fully saturated rings. The van der Waals surface area contributed by atoms with Gasteiger partial charge in [-0.2, -0.15) is 0 Å². The van der Waals surface area contributed by atoms with Gasteiger partial charge in [0.05, 0.1) is 10.7 Å². The molecular weight excluding hydrogens is 274 g/mol. The molecule has 2 aromatic carbocycles. The monoisotopic (exact) mass is 282 g/mol. The Hall–Kier alpha value is -2.14. The number of rotatable bonds is 2. The predicted octanol–water partition coefficient (Wildman–Crippen LogP) is 3.45. The maximum absolute atomic E-state index is 13.5. The second kappa shape index (κ2) is 5.24. The van der Waals surface area contributed by atoms with Gasteiger partial charge in [-0.05, 0) is 30.3 Å². The van der Waals surface area contributed by atoms with Crippen LogP contribution in [0.3, 0.4) is 0 Å². The van der Waals surface area contributed by atoms with E-state index in [9.17, 15) is 13.6 Å². The first-order valence-corrected chi connectivity index (χ1v) is 5.66. The summed E-state index contributed by atoms with van der Waals surface area (Å²) in [5.74, 6) is -2.31. The molecule has 1 amide bonds. The number of benzene rings is 2. The first-order valence-electron chi connectivity index (χ1n) is 5.29. The minimum absolute atomic E-state index is 0.207. The van der Waals surface area contributed by atoms with Crippen molar-refractivity contribution in [2.45, 2.75) is 0 Å². The number of halogens is 3. The van der Waals surface area contributed by atoms with Crippen LogP contribution in [0.1, 0.15) is 10.4 Å². The van der Waals surface area contributed by atoms with Crippen molar-refractivity contribution in [3.63, 3.8) is 0 Å². The Balaban J connectivity index is 2.26. The summed E-state index contributed by atoms with van der Waals surface area (Å²) in [5, 5.41) is 2.08. The molecule has 0 atom stereocenters. The fraction of sp³-hybridized carbons (Fsp3) is 0. The summed E-state index contributed by atoms with van der Waals surface area (Å²) < 4.78 is 26.4. The van der Waals surface area contributed by atoms with Crippen LogP contribution in [0.2, 0.25) is 5.02 Å². The second-order valence-electron chi connectivity index (χ2n) is 3.82. The van der Waals surface area contributed by atoms with Crippen molar-refractivity contribution in [3.8, 4) is 0 Å². The third-order valence-electron chi connectivity index (χ3n) is 2.42. The zero-order chi connectivity index (χ0) is 14.0. The Morgan fingerprint density at radius 1 is 1.16 bits per heavy atom. The van der Waals surface area contributed by atoms with E-state index in [1.165, 1.54) is 24.3 Å². The topological polar surface area (TPSA) is 55.1 Å². The van der Waals surface area contributed by atoms with Gasteiger partial charge in [-0.15, -0.1) is 0 Å². The quantitative estimate of drug-likeness (QED) is 0.829. The van der Waals surface area contributed by atoms with Crippen molar-refractivity contribution >= 4 is 28.9 Å². The van der Waals surface area contributed by atoms with Crippen LogP contribution in [0.4, 0.5) is 20.2 Å². The van der Waals surface area contributed by atoms with Gasteiger partial charge in [0, 0.05) is 17.3 Å². The van der Waals surface area contributed by atoms with E-state index in [0.717, 1.165) is 6.07 Å². The standard InChI is InChI=1S/C13H9ClF2N2O/c14-10-5-8(15)6-11(16)12(10)18-13(19)7-1-3-9(17)4-2-7/h1-6H,17H2,(H,18,19). The molecule has 0 saturated heterocycles. The van der Waals surface area contributed by atoms with Crippen LogP contribution in [-0.4, -0.2) is 5.91 Å². The van der Waals surface area contributed by atoms with E-state index in [1.807, 2.05) is 0 Å². The van der Waals surface area contributed by atoms with Crippen molar-refractivity contribution in [3.05, 3.63) is 58.6 Å². The molecule has 2 aromatic rings. The lowest BCUT2D eigenvalue weighted by atomic mass is 10.2. The lowest BCUT2D eigenvalue weighted by Gasteiger charge is -2.08. The van der Waals surface area contributed by atoms with Crippen molar-refractivity contribution in [1.82, 2.24) is 0 Å². The van der Waals surface area contributed by atoms with Gasteiger partial charge >= 0.3 is 0 Å². The molecule has 2 rings (SSSR count). The average Bonchev–Trinajstić information content (AvgIpc) is 2.34. The molecule has 98 valence electrons. The molecule has 0 heterocycles. The Bertz CT molecular complexity index is 606. The molecule has 0 spiro atoms. The molecule has 0 bridgehead atoms. The summed E-state index contributed by atoms with van der Waals surface area (Å²) in [4.78, 5) is 11.8. The van der Waals surface area contributed by atoms with E-state index in [4.69, 9.17) is 17.3 Å². The number of nitrogens with one attached hydrogen (secondary N) is 1. The predicted molar refractivity (Wildman–Crippen MR) is 70.2 cm³/mol. The molecule has 3 N–H and O–H groups in total. The van der Waals surface area contributed by atoms with Gasteiger partial charge in [0.25, 0.3) is 5.91 Å². The van der Waals surface area contributed by atoms with Gasteiger partial charge in [0.2, 0.25) is 0 Å². The summed E-state index contributed by atoms with van der Waals surface area (Å²) in [6.07, 6.45) is 0. The Labute approximate surface area is 113 Å². The number of nitrogen functional groups attached to an aromatic ring is 1. The minimum atomic E-state index is -0.936. The van der Waals surface area contributed by atoms with Gasteiger partial charge < -0.3 is 11.1 Å². The third kappa shape index (κ3) is 3.00. The number of carbonyl (C=O) groups is 1. The van der Waals surface area contributed by atoms with Crippen LogP contribution < -0.4 is 11.1 Å². The second-order valence-corrected chi connectivity index (χ2v) is 4.23. The van der Waals surface area contributed by atoms with Crippen LogP contribution in [0.5, 0.6) is 0 Å². The molecule has 6 heteroatoms. The maximum Gasteiger partial charge on any atom is 0.255 e. The summed E-state index contributed by atoms with van der Waals surface area (Å²) in [6.45, 7) is 0. The Kier molecular flexibility index (Phi) is 3.66. The van der Waals surface area contributed by atoms with Crippen LogP contribution in [0, 0.1) is 11.6 Å². The molecule has 0 aliphatic heterocycles. The van der Waals surface area contributed by atoms with Crippen LogP contribution in [-0.2, 0) is 0 Å². The first-order chi connectivity index (χ1) is 8.97. The molecule has 0 saturated carbocycles. The summed E-state index contributed by atoms with van der Waals surface area (Å²) in [5.41, 5.74) is 6.02. The lowest BCUT2D eigenvalue weighted by Crippen LogP contribution is -2.13. The molecule has 3 nitrogen and oxygen atoms in total. The fourth-order valence-electron chi connectivity index (χ4n) is 1.48. The van der Waals surface area contributed by atoms with E-state index in [0.29, 0.717) is 11.8 Å². The van der Waals surface area contributed by atoms with Gasteiger partial charge in [0.1, 0.15) is 5.82 Å². The largest absolute Gasteiger partial charge is 0.399 e. The molecular formula is C13H9ClF2N2O. The van der Waals surface area contributed by atoms with Gasteiger partial charge in [-0.1, -0.05) is 11.6 Å². The molecule has 19 heavy (non-hydrogen) atoms. The highest BCUT2D eigenvalue weighted by atomic mass is 35.5. The van der Waals surface area contributed by atoms with E-state index in [1.54, 1.807) is 0 Å². The van der Waals surface area contributed by atoms with Crippen LogP contribution in [0.25, 0.3) is 0 Å². The van der Waals surface area contributed by atoms with Crippen molar-refractivity contribution < 1.29 is 13.6 Å². The van der Waals surface area contributed by atoms with E-state index < -0.39 is 17.5 Å². The van der Waals surface area contributed by atoms with E-state index in [2.05, 4.69) is 5.32 Å². The number of hydrogen-bond donors (Lipinski definition) is 2. The fourth-order valence-corrected chi connectivity index (χ4v) is 1.72. The highest BCUT2D eigenvalue weighted by molar-refractivity contribution is 6.34. The first kappa shape index (κ1) is 13.3. The van der Waals surface area contributed by atoms with Crippen LogP contribution >= 0.6 is 11.6 Å². The normalized spacial score (nSPS) is 10.3. The summed E-state index contributed by atoms with van der Waals surface area (Å²) in [6, 6.07) is 7.61. The molecule has 0 unspecified atom stereocenters. The van der Waals surface area contributed by atoms with Crippen molar-refractivity contribution in [2.75, 3.05) is 11.1 Å². The highest BCUT2D eigenvalue weighted by Gasteiger charge is 2.14. The van der Waals surface area contributed by atoms with E-state index in [-0.39, 0.29) is 16.3 Å². The maximum atomic E-state index is 13.5. The zero-order valence-electron chi connectivity index (χ0n) is 9.58. The summed E-state index contributed by atoms with van der Waals surface area (Å²) in [7, 11) is 0. The number of nitrogens with two attached hydrogens (primary N) is 1. The van der Waals surface area contributed by atoms with E-state index >= 15 is 0 Å². The third-order valence-corrected chi connectivity index (χ3v) is 2.72. The molecule has 0 aromatic heterocycles. The summed E-state index contributed by atoms with van der Waals surface area (Å²) >= 11 is 5.68. The van der Waals surface area contributed by atoms with Gasteiger partial charge in [-0.25, -0.2) is 8.78 Å². The van der Waals surface area contributed by atoms with Crippen LogP contribution in [0.15, 0.2) is 36.4 Å². The van der Waals surface area contributed by atoms with Gasteiger partial charge in [0.15, 0.2) is 5.82 Å². The van der Waals surface area contributed by atoms with Crippen molar-refractivity contribution in [2.24, 2.45) is 0 Å². The Morgan fingerprint density at radius 2 is 1.79 bits per heavy atom. The number of anilines is 2. The average molecular weight is 283 g/mol. The SMILES string of the molecule is Nc1ccc(C(=O)Nc2c(F)cc(F)cc2Cl)cc1. The molecule has 0 radical (unpaired) electrons. The lowest BCUT2D eigenvalue weighted by molar-refractivity contribution is 0.102. The molecule has 0 aliphatic carbocycles. The number of hydrogen-bond acceptors (Lipinski definition) is 2. The van der Waals surface area contributed by atoms with Crippen molar-refractivity contribution in [1.29, 1.82) is 0 Å². The smallest absolute Gasteiger partial charge is 0.255 e. The van der Waals surface area contributed by atoms with Gasteiger partial charge in [-0.3, -0.25) is 4.79 Å². The minimum Gasteiger partial charge on any atom is -0.399 e.